The van der Waals surface area contributed by atoms with Crippen molar-refractivity contribution in [2.75, 3.05) is 17.2 Å². The summed E-state index contributed by atoms with van der Waals surface area (Å²) in [5.74, 6) is -0.352. The van der Waals surface area contributed by atoms with Crippen LogP contribution in [-0.4, -0.2) is 39.8 Å². The average molecular weight is 588 g/mol. The van der Waals surface area contributed by atoms with Crippen LogP contribution in [0, 0.1) is 6.92 Å². The van der Waals surface area contributed by atoms with E-state index in [1.165, 1.54) is 23.1 Å². The summed E-state index contributed by atoms with van der Waals surface area (Å²) in [4.78, 5) is 39.5. The molecule has 0 bridgehead atoms. The minimum Gasteiger partial charge on any atom is -0.494 e. The number of hydrogen-bond donors (Lipinski definition) is 3. The van der Waals surface area contributed by atoms with Gasteiger partial charge in [-0.3, -0.25) is 19.7 Å². The number of carbonyl (C=O) groups is 3. The van der Waals surface area contributed by atoms with Crippen molar-refractivity contribution in [3.8, 4) is 5.75 Å². The van der Waals surface area contributed by atoms with Crippen molar-refractivity contribution in [1.82, 2.24) is 15.5 Å². The van der Waals surface area contributed by atoms with Gasteiger partial charge >= 0.3 is 0 Å². The third-order valence-corrected chi connectivity index (χ3v) is 7.45. The molecule has 1 heterocycles. The van der Waals surface area contributed by atoms with Gasteiger partial charge in [-0.25, -0.2) is 0 Å². The van der Waals surface area contributed by atoms with Gasteiger partial charge in [0.15, 0.2) is 0 Å². The largest absolute Gasteiger partial charge is 0.494 e. The molecule has 0 aliphatic carbocycles. The summed E-state index contributed by atoms with van der Waals surface area (Å²) in [6, 6.07) is 23.0. The van der Waals surface area contributed by atoms with E-state index < -0.39 is 11.8 Å². The number of benzene rings is 3. The predicted molar refractivity (Wildman–Crippen MR) is 163 cm³/mol. The van der Waals surface area contributed by atoms with Crippen LogP contribution < -0.4 is 20.7 Å². The highest BCUT2D eigenvalue weighted by Crippen LogP contribution is 2.26. The van der Waals surface area contributed by atoms with E-state index in [9.17, 15) is 14.4 Å². The number of carbonyl (C=O) groups excluding carboxylic acids is 3. The Balaban J connectivity index is 1.44. The lowest BCUT2D eigenvalue weighted by Gasteiger charge is -2.13. The van der Waals surface area contributed by atoms with Crippen molar-refractivity contribution in [1.29, 1.82) is 0 Å². The van der Waals surface area contributed by atoms with E-state index in [0.717, 1.165) is 15.5 Å². The molecular formula is C30H29N5O4S2. The summed E-state index contributed by atoms with van der Waals surface area (Å²) in [7, 11) is 0. The van der Waals surface area contributed by atoms with Gasteiger partial charge in [-0.2, -0.15) is 0 Å². The molecule has 0 aliphatic heterocycles. The van der Waals surface area contributed by atoms with Crippen LogP contribution in [0.2, 0.25) is 0 Å². The van der Waals surface area contributed by atoms with Crippen LogP contribution in [0.1, 0.15) is 34.8 Å². The summed E-state index contributed by atoms with van der Waals surface area (Å²) in [5.41, 5.74) is 1.76. The average Bonchev–Trinajstić information content (AvgIpc) is 3.39. The first kappa shape index (κ1) is 29.5. The van der Waals surface area contributed by atoms with Gasteiger partial charge in [0.05, 0.1) is 11.9 Å². The topological polar surface area (TPSA) is 122 Å². The highest BCUT2D eigenvalue weighted by atomic mass is 32.2. The molecule has 9 nitrogen and oxygen atoms in total. The first-order valence-corrected chi connectivity index (χ1v) is 14.5. The van der Waals surface area contributed by atoms with Gasteiger partial charge < -0.3 is 15.4 Å². The summed E-state index contributed by atoms with van der Waals surface area (Å²) in [6.45, 7) is 6.07. The van der Waals surface area contributed by atoms with Gasteiger partial charge in [-0.05, 0) is 80.9 Å². The van der Waals surface area contributed by atoms with Gasteiger partial charge in [0.25, 0.3) is 11.8 Å². The maximum atomic E-state index is 13.3. The summed E-state index contributed by atoms with van der Waals surface area (Å²) in [6.07, 6.45) is 1.61. The zero-order valence-electron chi connectivity index (χ0n) is 22.7. The first-order chi connectivity index (χ1) is 19.8. The van der Waals surface area contributed by atoms with E-state index in [2.05, 4.69) is 26.1 Å². The third kappa shape index (κ3) is 8.75. The van der Waals surface area contributed by atoms with E-state index in [1.54, 1.807) is 61.5 Å². The molecule has 1 unspecified atom stereocenters. The van der Waals surface area contributed by atoms with Crippen LogP contribution in [0.25, 0.3) is 6.08 Å². The van der Waals surface area contributed by atoms with Crippen molar-refractivity contribution >= 4 is 57.7 Å². The molecule has 0 spiro atoms. The number of rotatable bonds is 11. The summed E-state index contributed by atoms with van der Waals surface area (Å²) < 4.78 is 5.49. The molecule has 11 heteroatoms. The van der Waals surface area contributed by atoms with Gasteiger partial charge in [-0.1, -0.05) is 41.7 Å². The second kappa shape index (κ2) is 14.2. The van der Waals surface area contributed by atoms with Crippen molar-refractivity contribution in [2.45, 2.75) is 30.9 Å². The Labute approximate surface area is 246 Å². The fourth-order valence-electron chi connectivity index (χ4n) is 3.56. The zero-order valence-corrected chi connectivity index (χ0v) is 24.3. The van der Waals surface area contributed by atoms with Crippen molar-refractivity contribution in [2.24, 2.45) is 0 Å². The minimum absolute atomic E-state index is 0.0821. The molecule has 3 N–H and O–H groups in total. The Morgan fingerprint density at radius 2 is 1.66 bits per heavy atom. The van der Waals surface area contributed by atoms with Crippen LogP contribution >= 0.6 is 23.1 Å². The molecule has 1 aromatic heterocycles. The number of aromatic nitrogens is 2. The molecule has 3 aromatic carbocycles. The van der Waals surface area contributed by atoms with Gasteiger partial charge in [-0.15, -0.1) is 22.0 Å². The summed E-state index contributed by atoms with van der Waals surface area (Å²) >= 11 is 2.69. The molecule has 210 valence electrons. The normalized spacial score (nSPS) is 11.8. The highest BCUT2D eigenvalue weighted by Gasteiger charge is 2.18. The number of aryl methyl sites for hydroxylation is 1. The molecule has 0 fully saturated rings. The lowest BCUT2D eigenvalue weighted by molar-refractivity contribution is -0.115. The first-order valence-electron chi connectivity index (χ1n) is 12.8. The molecule has 4 aromatic rings. The second-order valence-corrected chi connectivity index (χ2v) is 11.3. The maximum Gasteiger partial charge on any atom is 0.272 e. The van der Waals surface area contributed by atoms with E-state index in [1.807, 2.05) is 44.2 Å². The Hall–Kier alpha value is -4.48. The van der Waals surface area contributed by atoms with Gasteiger partial charge in [0, 0.05) is 16.1 Å². The zero-order chi connectivity index (χ0) is 29.2. The SMILES string of the molecule is CCOc1ccc(/C=C(\NC(=O)c2ccccc2)C(=O)Nc2ccc(SC(C)C(=O)Nc3nnc(C)s3)cc2)cc1. The standard InChI is InChI=1S/C30H29N5O4S2/c1-4-39-24-14-10-21(11-15-24)18-26(32-28(37)22-8-6-5-7-9-22)29(38)31-23-12-16-25(17-13-23)40-19(2)27(36)33-30-35-34-20(3)41-30/h5-19H,4H2,1-3H3,(H,31,38)(H,32,37)(H,33,35,36)/b26-18-. The number of nitrogens with one attached hydrogen (secondary N) is 3. The molecule has 0 aliphatic rings. The van der Waals surface area contributed by atoms with Crippen LogP contribution in [0.15, 0.2) is 89.5 Å². The molecule has 0 radical (unpaired) electrons. The fourth-order valence-corrected chi connectivity index (χ4v) is 5.03. The predicted octanol–water partition coefficient (Wildman–Crippen LogP) is 5.77. The molecule has 1 atom stereocenters. The van der Waals surface area contributed by atoms with E-state index >= 15 is 0 Å². The maximum absolute atomic E-state index is 13.3. The molecule has 4 rings (SSSR count). The number of nitrogens with zero attached hydrogens (tertiary/aromatic N) is 2. The lowest BCUT2D eigenvalue weighted by Crippen LogP contribution is -2.30. The van der Waals surface area contributed by atoms with Crippen molar-refractivity contribution in [3.63, 3.8) is 0 Å². The smallest absolute Gasteiger partial charge is 0.272 e. The number of amides is 3. The Bertz CT molecular complexity index is 1520. The monoisotopic (exact) mass is 587 g/mol. The molecular weight excluding hydrogens is 558 g/mol. The number of ether oxygens (including phenoxy) is 1. The van der Waals surface area contributed by atoms with Crippen LogP contribution in [0.3, 0.4) is 0 Å². The molecule has 41 heavy (non-hydrogen) atoms. The molecule has 0 saturated carbocycles. The number of hydrogen-bond acceptors (Lipinski definition) is 8. The lowest BCUT2D eigenvalue weighted by atomic mass is 10.1. The quantitative estimate of drug-likeness (QED) is 0.150. The van der Waals surface area contributed by atoms with Crippen LogP contribution in [0.4, 0.5) is 10.8 Å². The Morgan fingerprint density at radius 1 is 0.951 bits per heavy atom. The number of anilines is 2. The number of thioether (sulfide) groups is 1. The molecule has 3 amide bonds. The second-order valence-electron chi connectivity index (χ2n) is 8.73. The van der Waals surface area contributed by atoms with Gasteiger partial charge in [0.2, 0.25) is 11.0 Å². The highest BCUT2D eigenvalue weighted by molar-refractivity contribution is 8.00. The van der Waals surface area contributed by atoms with Gasteiger partial charge in [0.1, 0.15) is 16.5 Å². The Morgan fingerprint density at radius 3 is 2.29 bits per heavy atom. The minimum atomic E-state index is -0.483. The summed E-state index contributed by atoms with van der Waals surface area (Å²) in [5, 5.41) is 17.0. The van der Waals surface area contributed by atoms with Crippen molar-refractivity contribution in [3.05, 3.63) is 101 Å². The van der Waals surface area contributed by atoms with Crippen LogP contribution in [0.5, 0.6) is 5.75 Å². The van der Waals surface area contributed by atoms with E-state index in [4.69, 9.17) is 4.74 Å². The Kier molecular flexibility index (Phi) is 10.2. The van der Waals surface area contributed by atoms with E-state index in [0.29, 0.717) is 28.7 Å². The van der Waals surface area contributed by atoms with E-state index in [-0.39, 0.29) is 16.9 Å². The van der Waals surface area contributed by atoms with Crippen LogP contribution in [-0.2, 0) is 9.59 Å². The van der Waals surface area contributed by atoms with Crippen molar-refractivity contribution < 1.29 is 19.1 Å². The fraction of sp³-hybridized carbons (Fsp3) is 0.167. The third-order valence-electron chi connectivity index (χ3n) is 5.58. The molecule has 0 saturated heterocycles.